The minimum Gasteiger partial charge on any atom is -0.463 e. The predicted octanol–water partition coefficient (Wildman–Crippen LogP) is 2.11. The minimum atomic E-state index is -0.551. The number of nitrogens with zero attached hydrogens (tertiary/aromatic N) is 3. The van der Waals surface area contributed by atoms with Crippen LogP contribution in [0.25, 0.3) is 22.3 Å². The Morgan fingerprint density at radius 1 is 1.25 bits per heavy atom. The molecule has 6 nitrogen and oxygen atoms in total. The maximum Gasteiger partial charge on any atom is 0.376 e. The van der Waals surface area contributed by atoms with Crippen molar-refractivity contribution in [3.63, 3.8) is 0 Å². The highest BCUT2D eigenvalue weighted by Crippen LogP contribution is 2.21. The standard InChI is InChI=1S/C14H12N4O2/c1-8-16-11-4-3-9(7-12(11)17-8)10-5-6-15-13(18-10)14(19)20-2/h3-7H,1-2H3,(H,16,17). The fourth-order valence-corrected chi connectivity index (χ4v) is 2.01. The Bertz CT molecular complexity index is 795. The lowest BCUT2D eigenvalue weighted by Crippen LogP contribution is -2.07. The molecule has 1 aromatic carbocycles. The van der Waals surface area contributed by atoms with Gasteiger partial charge in [-0.1, -0.05) is 6.07 Å². The van der Waals surface area contributed by atoms with Crippen molar-refractivity contribution in [2.75, 3.05) is 7.11 Å². The number of esters is 1. The number of imidazole rings is 1. The largest absolute Gasteiger partial charge is 0.463 e. The molecule has 2 aromatic heterocycles. The second-order valence-electron chi connectivity index (χ2n) is 4.31. The number of nitrogens with one attached hydrogen (secondary N) is 1. The lowest BCUT2D eigenvalue weighted by Gasteiger charge is -2.02. The number of carbonyl (C=O) groups is 1. The van der Waals surface area contributed by atoms with E-state index < -0.39 is 5.97 Å². The van der Waals surface area contributed by atoms with Crippen LogP contribution >= 0.6 is 0 Å². The monoisotopic (exact) mass is 268 g/mol. The maximum absolute atomic E-state index is 11.4. The van der Waals surface area contributed by atoms with Gasteiger partial charge in [-0.15, -0.1) is 0 Å². The number of aromatic nitrogens is 4. The molecule has 0 radical (unpaired) electrons. The van der Waals surface area contributed by atoms with E-state index in [9.17, 15) is 4.79 Å². The third kappa shape index (κ3) is 2.11. The van der Waals surface area contributed by atoms with Gasteiger partial charge in [0.15, 0.2) is 0 Å². The van der Waals surface area contributed by atoms with Crippen LogP contribution in [0.2, 0.25) is 0 Å². The van der Waals surface area contributed by atoms with Crippen molar-refractivity contribution in [3.8, 4) is 11.3 Å². The van der Waals surface area contributed by atoms with Crippen molar-refractivity contribution in [2.24, 2.45) is 0 Å². The number of benzene rings is 1. The van der Waals surface area contributed by atoms with Crippen LogP contribution < -0.4 is 0 Å². The number of carbonyl (C=O) groups excluding carboxylic acids is 1. The molecule has 6 heteroatoms. The molecule has 1 N–H and O–H groups in total. The summed E-state index contributed by atoms with van der Waals surface area (Å²) in [6, 6.07) is 7.51. The number of aryl methyl sites for hydroxylation is 1. The highest BCUT2D eigenvalue weighted by Gasteiger charge is 2.11. The summed E-state index contributed by atoms with van der Waals surface area (Å²) in [5.74, 6) is 0.353. The number of ether oxygens (including phenoxy) is 1. The number of hydrogen-bond donors (Lipinski definition) is 1. The van der Waals surface area contributed by atoms with E-state index in [1.165, 1.54) is 13.3 Å². The van der Waals surface area contributed by atoms with Crippen molar-refractivity contribution in [3.05, 3.63) is 42.1 Å². The summed E-state index contributed by atoms with van der Waals surface area (Å²) in [4.78, 5) is 27.1. The fourth-order valence-electron chi connectivity index (χ4n) is 2.01. The van der Waals surface area contributed by atoms with Crippen molar-refractivity contribution in [1.29, 1.82) is 0 Å². The van der Waals surface area contributed by atoms with E-state index in [4.69, 9.17) is 0 Å². The Balaban J connectivity index is 2.08. The quantitative estimate of drug-likeness (QED) is 0.720. The summed E-state index contributed by atoms with van der Waals surface area (Å²) in [6.07, 6.45) is 1.54. The summed E-state index contributed by atoms with van der Waals surface area (Å²) in [7, 11) is 1.30. The Morgan fingerprint density at radius 3 is 2.90 bits per heavy atom. The van der Waals surface area contributed by atoms with Crippen LogP contribution in [0, 0.1) is 6.92 Å². The van der Waals surface area contributed by atoms with E-state index in [2.05, 4.69) is 24.7 Å². The van der Waals surface area contributed by atoms with Crippen LogP contribution in [0.15, 0.2) is 30.5 Å². The first kappa shape index (κ1) is 12.3. The molecule has 2 heterocycles. The molecular weight excluding hydrogens is 256 g/mol. The van der Waals surface area contributed by atoms with E-state index in [1.54, 1.807) is 6.07 Å². The molecule has 0 saturated heterocycles. The number of aromatic amines is 1. The normalized spacial score (nSPS) is 10.7. The summed E-state index contributed by atoms with van der Waals surface area (Å²) in [5, 5.41) is 0. The van der Waals surface area contributed by atoms with Crippen LogP contribution in [0.1, 0.15) is 16.4 Å². The molecule has 0 amide bonds. The molecular formula is C14H12N4O2. The van der Waals surface area contributed by atoms with Gasteiger partial charge in [0.2, 0.25) is 5.82 Å². The van der Waals surface area contributed by atoms with E-state index >= 15 is 0 Å². The summed E-state index contributed by atoms with van der Waals surface area (Å²) in [5.41, 5.74) is 3.37. The van der Waals surface area contributed by atoms with Gasteiger partial charge in [0.1, 0.15) is 5.82 Å². The zero-order chi connectivity index (χ0) is 14.1. The lowest BCUT2D eigenvalue weighted by molar-refractivity contribution is 0.0587. The molecule has 0 bridgehead atoms. The zero-order valence-electron chi connectivity index (χ0n) is 11.0. The average molecular weight is 268 g/mol. The molecule has 100 valence electrons. The molecule has 3 rings (SSSR count). The minimum absolute atomic E-state index is 0.0471. The molecule has 0 aliphatic carbocycles. The number of hydrogen-bond acceptors (Lipinski definition) is 5. The SMILES string of the molecule is COC(=O)c1nccc(-c2ccc3nc(C)[nH]c3c2)n1. The molecule has 0 saturated carbocycles. The van der Waals surface area contributed by atoms with Gasteiger partial charge in [-0.25, -0.2) is 19.7 Å². The summed E-state index contributed by atoms with van der Waals surface area (Å²) >= 11 is 0. The number of rotatable bonds is 2. The highest BCUT2D eigenvalue weighted by molar-refractivity contribution is 5.86. The van der Waals surface area contributed by atoms with Gasteiger partial charge in [0, 0.05) is 11.8 Å². The first-order valence-electron chi connectivity index (χ1n) is 6.05. The first-order chi connectivity index (χ1) is 9.67. The van der Waals surface area contributed by atoms with Crippen LogP contribution in [-0.4, -0.2) is 33.0 Å². The van der Waals surface area contributed by atoms with E-state index in [0.717, 1.165) is 22.4 Å². The third-order valence-electron chi connectivity index (χ3n) is 2.92. The Labute approximate surface area is 114 Å². The van der Waals surface area contributed by atoms with Crippen molar-refractivity contribution < 1.29 is 9.53 Å². The molecule has 0 aliphatic heterocycles. The number of methoxy groups -OCH3 is 1. The van der Waals surface area contributed by atoms with Gasteiger partial charge in [0.05, 0.1) is 23.8 Å². The molecule has 0 aliphatic rings. The van der Waals surface area contributed by atoms with E-state index in [1.807, 2.05) is 25.1 Å². The number of fused-ring (bicyclic) bond motifs is 1. The van der Waals surface area contributed by atoms with Crippen molar-refractivity contribution in [2.45, 2.75) is 6.92 Å². The van der Waals surface area contributed by atoms with Crippen LogP contribution in [0.4, 0.5) is 0 Å². The van der Waals surface area contributed by atoms with Crippen molar-refractivity contribution >= 4 is 17.0 Å². The topological polar surface area (TPSA) is 80.8 Å². The predicted molar refractivity (Wildman–Crippen MR) is 73.2 cm³/mol. The second kappa shape index (κ2) is 4.73. The summed E-state index contributed by atoms with van der Waals surface area (Å²) < 4.78 is 4.62. The van der Waals surface area contributed by atoms with Gasteiger partial charge < -0.3 is 9.72 Å². The third-order valence-corrected chi connectivity index (χ3v) is 2.92. The Kier molecular flexibility index (Phi) is 2.90. The molecule has 0 unspecified atom stereocenters. The molecule has 3 aromatic rings. The van der Waals surface area contributed by atoms with Gasteiger partial charge in [-0.2, -0.15) is 0 Å². The Morgan fingerprint density at radius 2 is 2.10 bits per heavy atom. The van der Waals surface area contributed by atoms with Gasteiger partial charge >= 0.3 is 5.97 Å². The average Bonchev–Trinajstić information content (AvgIpc) is 2.85. The smallest absolute Gasteiger partial charge is 0.376 e. The molecule has 0 spiro atoms. The van der Waals surface area contributed by atoms with Crippen LogP contribution in [0.5, 0.6) is 0 Å². The van der Waals surface area contributed by atoms with Crippen LogP contribution in [0.3, 0.4) is 0 Å². The van der Waals surface area contributed by atoms with Gasteiger partial charge in [-0.05, 0) is 25.1 Å². The molecule has 20 heavy (non-hydrogen) atoms. The number of H-pyrrole nitrogens is 1. The maximum atomic E-state index is 11.4. The fraction of sp³-hybridized carbons (Fsp3) is 0.143. The summed E-state index contributed by atoms with van der Waals surface area (Å²) in [6.45, 7) is 1.90. The first-order valence-corrected chi connectivity index (χ1v) is 6.05. The van der Waals surface area contributed by atoms with Crippen molar-refractivity contribution in [1.82, 2.24) is 19.9 Å². The Hall–Kier alpha value is -2.76. The highest BCUT2D eigenvalue weighted by atomic mass is 16.5. The zero-order valence-corrected chi connectivity index (χ0v) is 11.0. The van der Waals surface area contributed by atoms with E-state index in [-0.39, 0.29) is 5.82 Å². The van der Waals surface area contributed by atoms with Crippen LogP contribution in [-0.2, 0) is 4.74 Å². The lowest BCUT2D eigenvalue weighted by atomic mass is 10.1. The second-order valence-corrected chi connectivity index (χ2v) is 4.31. The molecule has 0 fully saturated rings. The van der Waals surface area contributed by atoms with E-state index in [0.29, 0.717) is 5.69 Å². The molecule has 0 atom stereocenters. The van der Waals surface area contributed by atoms with Gasteiger partial charge in [0.25, 0.3) is 0 Å². The van der Waals surface area contributed by atoms with Gasteiger partial charge in [-0.3, -0.25) is 0 Å².